The van der Waals surface area contributed by atoms with Gasteiger partial charge in [0.1, 0.15) is 5.01 Å². The number of nitrogen functional groups attached to an aromatic ring is 1. The fourth-order valence-electron chi connectivity index (χ4n) is 2.59. The lowest BCUT2D eigenvalue weighted by molar-refractivity contribution is 1.31. The van der Waals surface area contributed by atoms with Crippen LogP contribution in [0.1, 0.15) is 10.4 Å². The molecule has 1 aliphatic carbocycles. The van der Waals surface area contributed by atoms with Crippen LogP contribution in [0.2, 0.25) is 5.02 Å². The predicted octanol–water partition coefficient (Wildman–Crippen LogP) is 4.62. The maximum atomic E-state index is 6.05. The molecule has 0 amide bonds. The van der Waals surface area contributed by atoms with Gasteiger partial charge < -0.3 is 5.73 Å². The summed E-state index contributed by atoms with van der Waals surface area (Å²) >= 11 is 7.78. The van der Waals surface area contributed by atoms with Crippen LogP contribution in [0, 0.1) is 0 Å². The lowest BCUT2D eigenvalue weighted by atomic mass is 10.1. The van der Waals surface area contributed by atoms with E-state index in [0.29, 0.717) is 0 Å². The second kappa shape index (κ2) is 4.33. The smallest absolute Gasteiger partial charge is 0.124 e. The number of anilines is 1. The van der Waals surface area contributed by atoms with Gasteiger partial charge in [-0.3, -0.25) is 0 Å². The maximum Gasteiger partial charge on any atom is 0.124 e. The molecule has 4 heteroatoms. The predicted molar refractivity (Wildman–Crippen MR) is 85.2 cm³/mol. The average Bonchev–Trinajstić information content (AvgIpc) is 2.95. The number of rotatable bonds is 1. The number of thiazole rings is 1. The van der Waals surface area contributed by atoms with Crippen molar-refractivity contribution < 1.29 is 0 Å². The Hall–Kier alpha value is -1.84. The van der Waals surface area contributed by atoms with E-state index < -0.39 is 0 Å². The first kappa shape index (κ1) is 11.9. The largest absolute Gasteiger partial charge is 0.399 e. The van der Waals surface area contributed by atoms with Gasteiger partial charge in [0.05, 0.1) is 5.69 Å². The quantitative estimate of drug-likeness (QED) is 0.521. The van der Waals surface area contributed by atoms with Gasteiger partial charge in [0.25, 0.3) is 0 Å². The van der Waals surface area contributed by atoms with Gasteiger partial charge in [0.2, 0.25) is 0 Å². The molecule has 3 aromatic rings. The lowest BCUT2D eigenvalue weighted by Crippen LogP contribution is -1.85. The molecule has 98 valence electrons. The first-order valence-electron chi connectivity index (χ1n) is 6.35. The van der Waals surface area contributed by atoms with Gasteiger partial charge in [-0.15, -0.1) is 11.3 Å². The van der Waals surface area contributed by atoms with Crippen LogP contribution < -0.4 is 5.73 Å². The van der Waals surface area contributed by atoms with Crippen LogP contribution >= 0.6 is 22.9 Å². The molecule has 20 heavy (non-hydrogen) atoms. The Morgan fingerprint density at radius 1 is 1.15 bits per heavy atom. The molecule has 0 bridgehead atoms. The summed E-state index contributed by atoms with van der Waals surface area (Å²) < 4.78 is 0. The summed E-state index contributed by atoms with van der Waals surface area (Å²) in [5.41, 5.74) is 11.3. The summed E-state index contributed by atoms with van der Waals surface area (Å²) in [4.78, 5) is 6.10. The Labute approximate surface area is 125 Å². The highest BCUT2D eigenvalue weighted by molar-refractivity contribution is 7.15. The van der Waals surface area contributed by atoms with Crippen molar-refractivity contribution in [3.8, 4) is 21.8 Å². The summed E-state index contributed by atoms with van der Waals surface area (Å²) in [5, 5.41) is 1.82. The summed E-state index contributed by atoms with van der Waals surface area (Å²) in [6.07, 6.45) is 0.922. The van der Waals surface area contributed by atoms with E-state index >= 15 is 0 Å². The number of aromatic nitrogens is 1. The molecular formula is C16H11ClN2S. The van der Waals surface area contributed by atoms with E-state index in [-0.39, 0.29) is 0 Å². The van der Waals surface area contributed by atoms with Crippen molar-refractivity contribution in [2.45, 2.75) is 6.42 Å². The maximum absolute atomic E-state index is 6.05. The normalized spacial score (nSPS) is 12.2. The Morgan fingerprint density at radius 2 is 2.05 bits per heavy atom. The van der Waals surface area contributed by atoms with Crippen molar-refractivity contribution >= 4 is 28.6 Å². The van der Waals surface area contributed by atoms with Crippen LogP contribution in [0.25, 0.3) is 21.8 Å². The van der Waals surface area contributed by atoms with Gasteiger partial charge in [0, 0.05) is 33.1 Å². The molecule has 2 N–H and O–H groups in total. The van der Waals surface area contributed by atoms with Gasteiger partial charge in [-0.1, -0.05) is 29.8 Å². The van der Waals surface area contributed by atoms with E-state index in [4.69, 9.17) is 22.3 Å². The number of nitrogens with zero attached hydrogens (tertiary/aromatic N) is 1. The van der Waals surface area contributed by atoms with Gasteiger partial charge >= 0.3 is 0 Å². The molecule has 1 aliphatic rings. The molecule has 0 atom stereocenters. The third-order valence-electron chi connectivity index (χ3n) is 3.50. The van der Waals surface area contributed by atoms with E-state index in [1.54, 1.807) is 11.3 Å². The Kier molecular flexibility index (Phi) is 2.59. The van der Waals surface area contributed by atoms with Crippen LogP contribution in [-0.4, -0.2) is 4.98 Å². The Bertz CT molecular complexity index is 823. The van der Waals surface area contributed by atoms with Crippen molar-refractivity contribution in [1.29, 1.82) is 0 Å². The molecule has 0 radical (unpaired) electrons. The van der Waals surface area contributed by atoms with Crippen molar-refractivity contribution in [3.05, 3.63) is 57.9 Å². The summed E-state index contributed by atoms with van der Waals surface area (Å²) in [5.74, 6) is 0. The molecule has 0 saturated heterocycles. The molecule has 4 rings (SSSR count). The third-order valence-corrected chi connectivity index (χ3v) is 4.84. The van der Waals surface area contributed by atoms with Gasteiger partial charge in [-0.25, -0.2) is 4.98 Å². The van der Waals surface area contributed by atoms with Crippen LogP contribution in [0.4, 0.5) is 5.69 Å². The Balaban J connectivity index is 1.83. The first-order valence-corrected chi connectivity index (χ1v) is 7.54. The van der Waals surface area contributed by atoms with Gasteiger partial charge in [-0.05, 0) is 29.8 Å². The van der Waals surface area contributed by atoms with Crippen LogP contribution in [0.3, 0.4) is 0 Å². The molecule has 0 saturated carbocycles. The fraction of sp³-hybridized carbons (Fsp3) is 0.0625. The first-order chi connectivity index (χ1) is 9.70. The second-order valence-corrected chi connectivity index (χ2v) is 6.41. The summed E-state index contributed by atoms with van der Waals surface area (Å²) in [7, 11) is 0. The lowest BCUT2D eigenvalue weighted by Gasteiger charge is -2.01. The summed E-state index contributed by atoms with van der Waals surface area (Å²) in [6, 6.07) is 13.9. The summed E-state index contributed by atoms with van der Waals surface area (Å²) in [6.45, 7) is 0. The molecule has 0 unspecified atom stereocenters. The Morgan fingerprint density at radius 3 is 2.90 bits per heavy atom. The molecule has 1 aromatic heterocycles. The number of hydrogen-bond acceptors (Lipinski definition) is 3. The molecule has 2 aromatic carbocycles. The van der Waals surface area contributed by atoms with E-state index in [1.807, 2.05) is 36.4 Å². The zero-order chi connectivity index (χ0) is 13.7. The van der Waals surface area contributed by atoms with Crippen LogP contribution in [0.15, 0.2) is 42.5 Å². The van der Waals surface area contributed by atoms with E-state index in [1.165, 1.54) is 16.0 Å². The van der Waals surface area contributed by atoms with E-state index in [0.717, 1.165) is 33.4 Å². The number of benzene rings is 2. The zero-order valence-electron chi connectivity index (χ0n) is 10.6. The highest BCUT2D eigenvalue weighted by Crippen LogP contribution is 2.42. The second-order valence-electron chi connectivity index (χ2n) is 4.89. The standard InChI is InChI=1S/C16H11ClN2S/c17-11-4-5-13-10(6-11)8-14-15(13)19-16(20-14)9-2-1-3-12(18)7-9/h1-7H,8,18H2. The minimum absolute atomic E-state index is 0.769. The highest BCUT2D eigenvalue weighted by atomic mass is 35.5. The van der Waals surface area contributed by atoms with Gasteiger partial charge in [0.15, 0.2) is 0 Å². The minimum Gasteiger partial charge on any atom is -0.399 e. The van der Waals surface area contributed by atoms with E-state index in [2.05, 4.69) is 6.07 Å². The monoisotopic (exact) mass is 298 g/mol. The molecule has 2 nitrogen and oxygen atoms in total. The van der Waals surface area contributed by atoms with Crippen LogP contribution in [0.5, 0.6) is 0 Å². The molecule has 0 spiro atoms. The number of fused-ring (bicyclic) bond motifs is 3. The number of hydrogen-bond donors (Lipinski definition) is 1. The van der Waals surface area contributed by atoms with Crippen molar-refractivity contribution in [2.24, 2.45) is 0 Å². The SMILES string of the molecule is Nc1cccc(-c2nc3c(s2)Cc2cc(Cl)ccc2-3)c1. The fourth-order valence-corrected chi connectivity index (χ4v) is 3.88. The van der Waals surface area contributed by atoms with Gasteiger partial charge in [-0.2, -0.15) is 0 Å². The third kappa shape index (κ3) is 1.82. The van der Waals surface area contributed by atoms with Crippen LogP contribution in [-0.2, 0) is 6.42 Å². The minimum atomic E-state index is 0.769. The number of halogens is 1. The average molecular weight is 299 g/mol. The van der Waals surface area contributed by atoms with Crippen molar-refractivity contribution in [3.63, 3.8) is 0 Å². The van der Waals surface area contributed by atoms with E-state index in [9.17, 15) is 0 Å². The molecular weight excluding hydrogens is 288 g/mol. The zero-order valence-corrected chi connectivity index (χ0v) is 12.1. The van der Waals surface area contributed by atoms with Crippen molar-refractivity contribution in [1.82, 2.24) is 4.98 Å². The highest BCUT2D eigenvalue weighted by Gasteiger charge is 2.23. The topological polar surface area (TPSA) is 38.9 Å². The molecule has 0 aliphatic heterocycles. The molecule has 0 fully saturated rings. The van der Waals surface area contributed by atoms with Crippen molar-refractivity contribution in [2.75, 3.05) is 5.73 Å². The molecule has 1 heterocycles. The number of nitrogens with two attached hydrogens (primary N) is 1.